The summed E-state index contributed by atoms with van der Waals surface area (Å²) < 4.78 is 0. The Hall–Kier alpha value is -1.10. The monoisotopic (exact) mass is 281 g/mol. The molecule has 20 heavy (non-hydrogen) atoms. The first-order valence-electron chi connectivity index (χ1n) is 7.84. The van der Waals surface area contributed by atoms with E-state index in [1.165, 1.54) is 32.1 Å². The van der Waals surface area contributed by atoms with Crippen LogP contribution in [0.5, 0.6) is 0 Å². The lowest BCUT2D eigenvalue weighted by Crippen LogP contribution is -2.39. The van der Waals surface area contributed by atoms with Gasteiger partial charge in [0.15, 0.2) is 0 Å². The lowest BCUT2D eigenvalue weighted by molar-refractivity contribution is -0.124. The molecule has 0 aromatic rings. The molecule has 2 amide bonds. The lowest BCUT2D eigenvalue weighted by atomic mass is 9.89. The van der Waals surface area contributed by atoms with E-state index >= 15 is 0 Å². The van der Waals surface area contributed by atoms with Crippen LogP contribution in [0.3, 0.4) is 0 Å². The number of carbonyl (C=O) groups is 2. The van der Waals surface area contributed by atoms with Crippen LogP contribution in [0.15, 0.2) is 0 Å². The Morgan fingerprint density at radius 1 is 1.20 bits per heavy atom. The Labute approximate surface area is 121 Å². The van der Waals surface area contributed by atoms with Crippen molar-refractivity contribution >= 4 is 11.8 Å². The SMILES string of the molecule is C[C@@H]1CN(CC(=O)NCC2CCCCC2)C[C@H]1C(N)=O. The molecule has 0 radical (unpaired) electrons. The van der Waals surface area contributed by atoms with Gasteiger partial charge in [0.05, 0.1) is 12.5 Å². The van der Waals surface area contributed by atoms with Crippen molar-refractivity contribution < 1.29 is 9.59 Å². The summed E-state index contributed by atoms with van der Waals surface area (Å²) >= 11 is 0. The number of hydrogen-bond donors (Lipinski definition) is 2. The number of primary amides is 1. The van der Waals surface area contributed by atoms with Gasteiger partial charge in [-0.15, -0.1) is 0 Å². The molecule has 0 aromatic heterocycles. The minimum absolute atomic E-state index is 0.0768. The predicted octanol–water partition coefficient (Wildman–Crippen LogP) is 0.736. The van der Waals surface area contributed by atoms with Gasteiger partial charge in [0.1, 0.15) is 0 Å². The average Bonchev–Trinajstić information content (AvgIpc) is 2.78. The number of rotatable bonds is 5. The highest BCUT2D eigenvalue weighted by molar-refractivity contribution is 5.79. The molecule has 5 nitrogen and oxygen atoms in total. The van der Waals surface area contributed by atoms with Crippen molar-refractivity contribution in [2.24, 2.45) is 23.5 Å². The van der Waals surface area contributed by atoms with E-state index in [0.717, 1.165) is 13.1 Å². The number of hydrogen-bond acceptors (Lipinski definition) is 3. The van der Waals surface area contributed by atoms with Crippen molar-refractivity contribution in [2.45, 2.75) is 39.0 Å². The molecule has 1 saturated carbocycles. The molecule has 1 heterocycles. The van der Waals surface area contributed by atoms with E-state index < -0.39 is 0 Å². The van der Waals surface area contributed by atoms with Crippen LogP contribution in [0.25, 0.3) is 0 Å². The van der Waals surface area contributed by atoms with Gasteiger partial charge < -0.3 is 11.1 Å². The number of likely N-dealkylation sites (tertiary alicyclic amines) is 1. The first-order chi connectivity index (χ1) is 9.56. The van der Waals surface area contributed by atoms with Gasteiger partial charge in [-0.25, -0.2) is 0 Å². The van der Waals surface area contributed by atoms with Gasteiger partial charge >= 0.3 is 0 Å². The van der Waals surface area contributed by atoms with Crippen LogP contribution in [-0.4, -0.2) is 42.9 Å². The molecule has 2 atom stereocenters. The van der Waals surface area contributed by atoms with E-state index in [1.807, 2.05) is 11.8 Å². The zero-order valence-corrected chi connectivity index (χ0v) is 12.4. The molecular weight excluding hydrogens is 254 g/mol. The van der Waals surface area contributed by atoms with E-state index in [-0.39, 0.29) is 23.7 Å². The fourth-order valence-electron chi connectivity index (χ4n) is 3.48. The van der Waals surface area contributed by atoms with Crippen LogP contribution in [0.1, 0.15) is 39.0 Å². The highest BCUT2D eigenvalue weighted by Gasteiger charge is 2.34. The molecule has 2 fully saturated rings. The second-order valence-corrected chi connectivity index (χ2v) is 6.49. The third-order valence-electron chi connectivity index (χ3n) is 4.73. The molecule has 0 aromatic carbocycles. The Morgan fingerprint density at radius 2 is 1.90 bits per heavy atom. The van der Waals surface area contributed by atoms with Crippen LogP contribution in [0, 0.1) is 17.8 Å². The maximum absolute atomic E-state index is 12.0. The number of carbonyl (C=O) groups excluding carboxylic acids is 2. The summed E-state index contributed by atoms with van der Waals surface area (Å²) in [7, 11) is 0. The van der Waals surface area contributed by atoms with Gasteiger partial charge in [0.2, 0.25) is 11.8 Å². The van der Waals surface area contributed by atoms with Crippen molar-refractivity contribution in [3.8, 4) is 0 Å². The molecule has 1 aliphatic carbocycles. The lowest BCUT2D eigenvalue weighted by Gasteiger charge is -2.22. The summed E-state index contributed by atoms with van der Waals surface area (Å²) in [6.07, 6.45) is 6.41. The maximum Gasteiger partial charge on any atom is 0.234 e. The third-order valence-corrected chi connectivity index (χ3v) is 4.73. The highest BCUT2D eigenvalue weighted by atomic mass is 16.2. The van der Waals surface area contributed by atoms with Gasteiger partial charge in [-0.2, -0.15) is 0 Å². The van der Waals surface area contributed by atoms with Crippen molar-refractivity contribution in [3.63, 3.8) is 0 Å². The molecule has 1 aliphatic heterocycles. The van der Waals surface area contributed by atoms with Crippen molar-refractivity contribution in [1.82, 2.24) is 10.2 Å². The van der Waals surface area contributed by atoms with Crippen LogP contribution in [0.4, 0.5) is 0 Å². The van der Waals surface area contributed by atoms with E-state index in [0.29, 0.717) is 19.0 Å². The molecule has 0 bridgehead atoms. The largest absolute Gasteiger partial charge is 0.369 e. The Bertz CT molecular complexity index is 353. The van der Waals surface area contributed by atoms with Crippen LogP contribution in [0.2, 0.25) is 0 Å². The Morgan fingerprint density at radius 3 is 2.50 bits per heavy atom. The average molecular weight is 281 g/mol. The maximum atomic E-state index is 12.0. The smallest absolute Gasteiger partial charge is 0.234 e. The number of nitrogens with zero attached hydrogens (tertiary/aromatic N) is 1. The number of amides is 2. The summed E-state index contributed by atoms with van der Waals surface area (Å²) in [5, 5.41) is 3.04. The van der Waals surface area contributed by atoms with E-state index in [1.54, 1.807) is 0 Å². The van der Waals surface area contributed by atoms with Crippen LogP contribution >= 0.6 is 0 Å². The molecular formula is C15H27N3O2. The van der Waals surface area contributed by atoms with Gasteiger partial charge in [-0.3, -0.25) is 14.5 Å². The fourth-order valence-corrected chi connectivity index (χ4v) is 3.48. The van der Waals surface area contributed by atoms with Gasteiger partial charge in [-0.1, -0.05) is 26.2 Å². The number of nitrogens with one attached hydrogen (secondary N) is 1. The zero-order chi connectivity index (χ0) is 14.5. The molecule has 0 unspecified atom stereocenters. The molecule has 2 rings (SSSR count). The first kappa shape index (κ1) is 15.3. The first-order valence-corrected chi connectivity index (χ1v) is 7.84. The molecule has 114 valence electrons. The quantitative estimate of drug-likeness (QED) is 0.780. The van der Waals surface area contributed by atoms with Gasteiger partial charge in [0.25, 0.3) is 0 Å². The minimum Gasteiger partial charge on any atom is -0.369 e. The van der Waals surface area contributed by atoms with Crippen molar-refractivity contribution in [2.75, 3.05) is 26.2 Å². The summed E-state index contributed by atoms with van der Waals surface area (Å²) in [5.41, 5.74) is 5.37. The van der Waals surface area contributed by atoms with E-state index in [2.05, 4.69) is 5.32 Å². The van der Waals surface area contributed by atoms with E-state index in [9.17, 15) is 9.59 Å². The van der Waals surface area contributed by atoms with Crippen LogP contribution < -0.4 is 11.1 Å². The van der Waals surface area contributed by atoms with Crippen LogP contribution in [-0.2, 0) is 9.59 Å². The summed E-state index contributed by atoms with van der Waals surface area (Å²) in [4.78, 5) is 25.3. The third kappa shape index (κ3) is 4.20. The standard InChI is InChI=1S/C15H27N3O2/c1-11-8-18(9-13(11)15(16)20)10-14(19)17-7-12-5-3-2-4-6-12/h11-13H,2-10H2,1H3,(H2,16,20)(H,17,19)/t11-,13-/m1/s1. The predicted molar refractivity (Wildman–Crippen MR) is 77.9 cm³/mol. The molecule has 2 aliphatic rings. The topological polar surface area (TPSA) is 75.4 Å². The second kappa shape index (κ2) is 7.07. The molecule has 3 N–H and O–H groups in total. The van der Waals surface area contributed by atoms with E-state index in [4.69, 9.17) is 5.73 Å². The minimum atomic E-state index is -0.248. The van der Waals surface area contributed by atoms with Gasteiger partial charge in [0, 0.05) is 19.6 Å². The van der Waals surface area contributed by atoms with Crippen molar-refractivity contribution in [1.29, 1.82) is 0 Å². The summed E-state index contributed by atoms with van der Waals surface area (Å²) in [6.45, 7) is 4.62. The molecule has 0 spiro atoms. The second-order valence-electron chi connectivity index (χ2n) is 6.49. The van der Waals surface area contributed by atoms with Crippen molar-refractivity contribution in [3.05, 3.63) is 0 Å². The Kier molecular flexibility index (Phi) is 5.40. The summed E-state index contributed by atoms with van der Waals surface area (Å²) in [6, 6.07) is 0. The zero-order valence-electron chi connectivity index (χ0n) is 12.4. The number of nitrogens with two attached hydrogens (primary N) is 1. The van der Waals surface area contributed by atoms with Gasteiger partial charge in [-0.05, 0) is 24.7 Å². The molecule has 1 saturated heterocycles. The normalized spacial score (nSPS) is 28.4. The molecule has 5 heteroatoms. The Balaban J connectivity index is 1.68. The highest BCUT2D eigenvalue weighted by Crippen LogP contribution is 2.23. The summed E-state index contributed by atoms with van der Waals surface area (Å²) in [5.74, 6) is 0.624. The fraction of sp³-hybridized carbons (Fsp3) is 0.867.